The van der Waals surface area contributed by atoms with Crippen LogP contribution in [0.1, 0.15) is 12.8 Å². The highest BCUT2D eigenvalue weighted by Crippen LogP contribution is 1.96. The van der Waals surface area contributed by atoms with Crippen molar-refractivity contribution < 1.29 is 0 Å². The van der Waals surface area contributed by atoms with Gasteiger partial charge in [0.05, 0.1) is 0 Å². The van der Waals surface area contributed by atoms with E-state index in [0.29, 0.717) is 6.54 Å². The fourth-order valence-electron chi connectivity index (χ4n) is 1.08. The highest BCUT2D eigenvalue weighted by molar-refractivity contribution is 6.18. The van der Waals surface area contributed by atoms with Crippen molar-refractivity contribution in [2.45, 2.75) is 12.8 Å². The van der Waals surface area contributed by atoms with Gasteiger partial charge in [0, 0.05) is 24.8 Å². The molecule has 0 aliphatic carbocycles. The van der Waals surface area contributed by atoms with Crippen molar-refractivity contribution in [1.29, 1.82) is 0 Å². The molecule has 12 heavy (non-hydrogen) atoms. The SMILES string of the molecule is NCCN(CCCCl)CCCCl. The zero-order valence-electron chi connectivity index (χ0n) is 7.44. The van der Waals surface area contributed by atoms with Crippen LogP contribution in [0.25, 0.3) is 0 Å². The average molecular weight is 213 g/mol. The van der Waals surface area contributed by atoms with Gasteiger partial charge >= 0.3 is 0 Å². The normalized spacial score (nSPS) is 11.0. The fraction of sp³-hybridized carbons (Fsp3) is 1.00. The van der Waals surface area contributed by atoms with Gasteiger partial charge in [-0.05, 0) is 25.9 Å². The van der Waals surface area contributed by atoms with E-state index in [2.05, 4.69) is 4.90 Å². The van der Waals surface area contributed by atoms with E-state index in [1.807, 2.05) is 0 Å². The maximum Gasteiger partial charge on any atom is 0.0235 e. The molecule has 0 aromatic heterocycles. The molecule has 0 aromatic rings. The molecule has 0 atom stereocenters. The van der Waals surface area contributed by atoms with Crippen LogP contribution < -0.4 is 5.73 Å². The largest absolute Gasteiger partial charge is 0.329 e. The average Bonchev–Trinajstić information content (AvgIpc) is 2.10. The minimum atomic E-state index is 0.713. The van der Waals surface area contributed by atoms with Crippen LogP contribution >= 0.6 is 23.2 Å². The second-order valence-electron chi connectivity index (χ2n) is 2.72. The van der Waals surface area contributed by atoms with Gasteiger partial charge in [0.25, 0.3) is 0 Å². The number of halogens is 2. The lowest BCUT2D eigenvalue weighted by molar-refractivity contribution is 0.283. The van der Waals surface area contributed by atoms with Gasteiger partial charge in [-0.2, -0.15) is 0 Å². The molecule has 0 aliphatic rings. The molecular weight excluding hydrogens is 195 g/mol. The van der Waals surface area contributed by atoms with E-state index >= 15 is 0 Å². The highest BCUT2D eigenvalue weighted by atomic mass is 35.5. The van der Waals surface area contributed by atoms with Crippen molar-refractivity contribution in [3.05, 3.63) is 0 Å². The quantitative estimate of drug-likeness (QED) is 0.619. The van der Waals surface area contributed by atoms with Crippen LogP contribution in [0, 0.1) is 0 Å². The van der Waals surface area contributed by atoms with Crippen molar-refractivity contribution in [3.8, 4) is 0 Å². The lowest BCUT2D eigenvalue weighted by Gasteiger charge is -2.20. The molecule has 2 N–H and O–H groups in total. The van der Waals surface area contributed by atoms with Gasteiger partial charge in [-0.1, -0.05) is 0 Å². The van der Waals surface area contributed by atoms with E-state index in [0.717, 1.165) is 44.2 Å². The van der Waals surface area contributed by atoms with E-state index in [1.54, 1.807) is 0 Å². The predicted molar refractivity (Wildman–Crippen MR) is 56.2 cm³/mol. The lowest BCUT2D eigenvalue weighted by atomic mass is 10.3. The van der Waals surface area contributed by atoms with Crippen molar-refractivity contribution in [2.75, 3.05) is 37.9 Å². The Labute approximate surface area is 85.0 Å². The lowest BCUT2D eigenvalue weighted by Crippen LogP contribution is -2.31. The van der Waals surface area contributed by atoms with E-state index in [1.165, 1.54) is 0 Å². The molecule has 2 nitrogen and oxygen atoms in total. The predicted octanol–water partition coefficient (Wildman–Crippen LogP) is 1.50. The minimum Gasteiger partial charge on any atom is -0.329 e. The minimum absolute atomic E-state index is 0.713. The Bertz CT molecular complexity index is 83.1. The molecule has 0 saturated heterocycles. The molecule has 4 heteroatoms. The van der Waals surface area contributed by atoms with Crippen LogP contribution in [0.4, 0.5) is 0 Å². The first kappa shape index (κ1) is 12.5. The molecule has 0 rings (SSSR count). The van der Waals surface area contributed by atoms with E-state index in [9.17, 15) is 0 Å². The first-order valence-electron chi connectivity index (χ1n) is 4.39. The summed E-state index contributed by atoms with van der Waals surface area (Å²) in [5.41, 5.74) is 5.47. The number of hydrogen-bond acceptors (Lipinski definition) is 2. The van der Waals surface area contributed by atoms with Gasteiger partial charge in [-0.15, -0.1) is 23.2 Å². The van der Waals surface area contributed by atoms with Gasteiger partial charge in [0.15, 0.2) is 0 Å². The number of nitrogens with zero attached hydrogens (tertiary/aromatic N) is 1. The molecule has 0 amide bonds. The Morgan fingerprint density at radius 2 is 1.42 bits per heavy atom. The molecule has 0 aromatic carbocycles. The number of rotatable bonds is 8. The first-order chi connectivity index (χ1) is 5.85. The second-order valence-corrected chi connectivity index (χ2v) is 3.47. The van der Waals surface area contributed by atoms with Crippen molar-refractivity contribution in [2.24, 2.45) is 5.73 Å². The molecule has 0 radical (unpaired) electrons. The summed E-state index contributed by atoms with van der Waals surface area (Å²) in [6.45, 7) is 3.74. The maximum atomic E-state index is 5.60. The maximum absolute atomic E-state index is 5.60. The van der Waals surface area contributed by atoms with Crippen LogP contribution in [-0.2, 0) is 0 Å². The third-order valence-corrected chi connectivity index (χ3v) is 2.20. The van der Waals surface area contributed by atoms with Crippen molar-refractivity contribution in [3.63, 3.8) is 0 Å². The Morgan fingerprint density at radius 1 is 0.917 bits per heavy atom. The smallest absolute Gasteiger partial charge is 0.0235 e. The number of alkyl halides is 2. The Hall–Kier alpha value is 0.500. The van der Waals surface area contributed by atoms with Crippen molar-refractivity contribution >= 4 is 23.2 Å². The molecule has 0 spiro atoms. The summed E-state index contributed by atoms with van der Waals surface area (Å²) in [4.78, 5) is 2.31. The topological polar surface area (TPSA) is 29.3 Å². The first-order valence-corrected chi connectivity index (χ1v) is 5.46. The zero-order chi connectivity index (χ0) is 9.23. The molecule has 0 unspecified atom stereocenters. The summed E-state index contributed by atoms with van der Waals surface area (Å²) in [6, 6.07) is 0. The Morgan fingerprint density at radius 3 is 1.75 bits per heavy atom. The third kappa shape index (κ3) is 7.17. The van der Waals surface area contributed by atoms with Gasteiger partial charge in [-0.3, -0.25) is 0 Å². The Kier molecular flexibility index (Phi) is 9.99. The van der Waals surface area contributed by atoms with Gasteiger partial charge < -0.3 is 10.6 Å². The van der Waals surface area contributed by atoms with E-state index in [4.69, 9.17) is 28.9 Å². The highest BCUT2D eigenvalue weighted by Gasteiger charge is 2.01. The monoisotopic (exact) mass is 212 g/mol. The second kappa shape index (κ2) is 9.59. The van der Waals surface area contributed by atoms with E-state index in [-0.39, 0.29) is 0 Å². The molecule has 74 valence electrons. The van der Waals surface area contributed by atoms with E-state index < -0.39 is 0 Å². The third-order valence-electron chi connectivity index (χ3n) is 1.66. The molecule has 0 saturated carbocycles. The van der Waals surface area contributed by atoms with Crippen LogP contribution in [-0.4, -0.2) is 42.8 Å². The summed E-state index contributed by atoms with van der Waals surface area (Å²) >= 11 is 11.2. The number of hydrogen-bond donors (Lipinski definition) is 1. The van der Waals surface area contributed by atoms with Crippen molar-refractivity contribution in [1.82, 2.24) is 4.90 Å². The molecular formula is C8H18Cl2N2. The van der Waals surface area contributed by atoms with Crippen LogP contribution in [0.15, 0.2) is 0 Å². The standard InChI is InChI=1S/C8H18Cl2N2/c9-3-1-6-12(8-5-11)7-2-4-10/h1-8,11H2. The van der Waals surface area contributed by atoms with Gasteiger partial charge in [-0.25, -0.2) is 0 Å². The summed E-state index contributed by atoms with van der Waals surface area (Å²) in [7, 11) is 0. The summed E-state index contributed by atoms with van der Waals surface area (Å²) in [5.74, 6) is 1.45. The molecule has 0 aliphatic heterocycles. The summed E-state index contributed by atoms with van der Waals surface area (Å²) < 4.78 is 0. The van der Waals surface area contributed by atoms with Crippen LogP contribution in [0.5, 0.6) is 0 Å². The van der Waals surface area contributed by atoms with Gasteiger partial charge in [0.2, 0.25) is 0 Å². The summed E-state index contributed by atoms with van der Waals surface area (Å²) in [6.07, 6.45) is 2.06. The molecule has 0 bridgehead atoms. The number of nitrogens with two attached hydrogens (primary N) is 1. The fourth-order valence-corrected chi connectivity index (χ4v) is 1.32. The Balaban J connectivity index is 3.40. The summed E-state index contributed by atoms with van der Waals surface area (Å²) in [5, 5.41) is 0. The van der Waals surface area contributed by atoms with Crippen LogP contribution in [0.2, 0.25) is 0 Å². The molecule has 0 fully saturated rings. The van der Waals surface area contributed by atoms with Gasteiger partial charge in [0.1, 0.15) is 0 Å². The molecule has 0 heterocycles. The van der Waals surface area contributed by atoms with Crippen LogP contribution in [0.3, 0.4) is 0 Å². The zero-order valence-corrected chi connectivity index (χ0v) is 8.95.